The van der Waals surface area contributed by atoms with Crippen molar-refractivity contribution >= 4 is 11.7 Å². The van der Waals surface area contributed by atoms with Gasteiger partial charge in [0, 0.05) is 38.9 Å². The SMILES string of the molecule is CC(C)Cc1ccc(CN2CCN(c3ccc(C(N)=O)cn3)CC2)cc1. The molecule has 3 rings (SSSR count). The highest BCUT2D eigenvalue weighted by molar-refractivity contribution is 5.92. The van der Waals surface area contributed by atoms with Gasteiger partial charge in [-0.05, 0) is 35.6 Å². The van der Waals surface area contributed by atoms with Crippen LogP contribution >= 0.6 is 0 Å². The predicted octanol–water partition coefficient (Wildman–Crippen LogP) is 2.70. The van der Waals surface area contributed by atoms with E-state index in [2.05, 4.69) is 52.9 Å². The summed E-state index contributed by atoms with van der Waals surface area (Å²) in [6.45, 7) is 9.39. The van der Waals surface area contributed by atoms with Crippen molar-refractivity contribution in [3.8, 4) is 0 Å². The van der Waals surface area contributed by atoms with Gasteiger partial charge in [-0.3, -0.25) is 9.69 Å². The lowest BCUT2D eigenvalue weighted by molar-refractivity contribution is 0.1000. The molecule has 0 saturated carbocycles. The average molecular weight is 352 g/mol. The quantitative estimate of drug-likeness (QED) is 0.868. The third-order valence-electron chi connectivity index (χ3n) is 4.80. The lowest BCUT2D eigenvalue weighted by Gasteiger charge is -2.35. The number of pyridine rings is 1. The summed E-state index contributed by atoms with van der Waals surface area (Å²) in [5.41, 5.74) is 8.51. The molecule has 0 atom stereocenters. The van der Waals surface area contributed by atoms with E-state index in [1.807, 2.05) is 6.07 Å². The molecule has 2 aromatic rings. The van der Waals surface area contributed by atoms with E-state index in [4.69, 9.17) is 5.73 Å². The van der Waals surface area contributed by atoms with Crippen LogP contribution in [0.4, 0.5) is 5.82 Å². The summed E-state index contributed by atoms with van der Waals surface area (Å²) < 4.78 is 0. The topological polar surface area (TPSA) is 62.5 Å². The molecule has 0 spiro atoms. The number of carbonyl (C=O) groups is 1. The lowest BCUT2D eigenvalue weighted by atomic mass is 10.0. The Balaban J connectivity index is 1.51. The third-order valence-corrected chi connectivity index (χ3v) is 4.80. The Bertz CT molecular complexity index is 717. The highest BCUT2D eigenvalue weighted by Gasteiger charge is 2.18. The van der Waals surface area contributed by atoms with E-state index < -0.39 is 5.91 Å². The second kappa shape index (κ2) is 8.32. The van der Waals surface area contributed by atoms with Crippen LogP contribution in [0.3, 0.4) is 0 Å². The van der Waals surface area contributed by atoms with Gasteiger partial charge in [0.15, 0.2) is 0 Å². The molecular weight excluding hydrogens is 324 g/mol. The summed E-state index contributed by atoms with van der Waals surface area (Å²) in [4.78, 5) is 20.2. The molecule has 2 heterocycles. The van der Waals surface area contributed by atoms with Crippen molar-refractivity contribution in [1.82, 2.24) is 9.88 Å². The van der Waals surface area contributed by atoms with Crippen molar-refractivity contribution < 1.29 is 4.79 Å². The first-order chi connectivity index (χ1) is 12.5. The van der Waals surface area contributed by atoms with Crippen LogP contribution in [0.2, 0.25) is 0 Å². The first-order valence-corrected chi connectivity index (χ1v) is 9.32. The highest BCUT2D eigenvalue weighted by atomic mass is 16.1. The lowest BCUT2D eigenvalue weighted by Crippen LogP contribution is -2.46. The van der Waals surface area contributed by atoms with Gasteiger partial charge >= 0.3 is 0 Å². The zero-order chi connectivity index (χ0) is 18.5. The molecule has 138 valence electrons. The minimum absolute atomic E-state index is 0.437. The fourth-order valence-electron chi connectivity index (χ4n) is 3.36. The summed E-state index contributed by atoms with van der Waals surface area (Å²) in [6, 6.07) is 12.7. The number of nitrogens with zero attached hydrogens (tertiary/aromatic N) is 3. The standard InChI is InChI=1S/C21H28N4O/c1-16(2)13-17-3-5-18(6-4-17)15-24-9-11-25(12-10-24)20-8-7-19(14-23-20)21(22)26/h3-8,14,16H,9-13,15H2,1-2H3,(H2,22,26). The summed E-state index contributed by atoms with van der Waals surface area (Å²) in [5.74, 6) is 1.17. The van der Waals surface area contributed by atoms with Crippen molar-refractivity contribution in [3.63, 3.8) is 0 Å². The molecule has 0 unspecified atom stereocenters. The number of nitrogens with two attached hydrogens (primary N) is 1. The summed E-state index contributed by atoms with van der Waals surface area (Å²) in [5, 5.41) is 0. The third kappa shape index (κ3) is 4.82. The van der Waals surface area contributed by atoms with Crippen LogP contribution in [0.1, 0.15) is 35.3 Å². The van der Waals surface area contributed by atoms with Crippen molar-refractivity contribution in [2.75, 3.05) is 31.1 Å². The van der Waals surface area contributed by atoms with E-state index in [9.17, 15) is 4.79 Å². The van der Waals surface area contributed by atoms with E-state index in [1.165, 1.54) is 11.1 Å². The van der Waals surface area contributed by atoms with E-state index >= 15 is 0 Å². The molecule has 5 heteroatoms. The van der Waals surface area contributed by atoms with E-state index in [-0.39, 0.29) is 0 Å². The largest absolute Gasteiger partial charge is 0.366 e. The van der Waals surface area contributed by atoms with Gasteiger partial charge in [-0.2, -0.15) is 0 Å². The number of piperazine rings is 1. The van der Waals surface area contributed by atoms with Gasteiger partial charge in [0.1, 0.15) is 5.82 Å². The second-order valence-corrected chi connectivity index (χ2v) is 7.45. The number of amides is 1. The fourth-order valence-corrected chi connectivity index (χ4v) is 3.36. The number of benzene rings is 1. The molecule has 1 saturated heterocycles. The zero-order valence-electron chi connectivity index (χ0n) is 15.7. The Morgan fingerprint density at radius 1 is 1.04 bits per heavy atom. The Hall–Kier alpha value is -2.40. The number of primary amides is 1. The zero-order valence-corrected chi connectivity index (χ0v) is 15.7. The number of hydrogen-bond donors (Lipinski definition) is 1. The predicted molar refractivity (Wildman–Crippen MR) is 105 cm³/mol. The average Bonchev–Trinajstić information content (AvgIpc) is 2.64. The van der Waals surface area contributed by atoms with Crippen LogP contribution in [-0.2, 0) is 13.0 Å². The maximum Gasteiger partial charge on any atom is 0.250 e. The van der Waals surface area contributed by atoms with Gasteiger partial charge in [0.25, 0.3) is 0 Å². The molecule has 0 aliphatic carbocycles. The first-order valence-electron chi connectivity index (χ1n) is 9.32. The van der Waals surface area contributed by atoms with Crippen molar-refractivity contribution in [2.45, 2.75) is 26.8 Å². The summed E-state index contributed by atoms with van der Waals surface area (Å²) in [6.07, 6.45) is 2.70. The summed E-state index contributed by atoms with van der Waals surface area (Å²) in [7, 11) is 0. The van der Waals surface area contributed by atoms with Gasteiger partial charge in [-0.15, -0.1) is 0 Å². The van der Waals surface area contributed by atoms with Gasteiger partial charge in [-0.25, -0.2) is 4.98 Å². The van der Waals surface area contributed by atoms with E-state index in [0.29, 0.717) is 11.5 Å². The first kappa shape index (κ1) is 18.4. The molecule has 1 amide bonds. The van der Waals surface area contributed by atoms with Gasteiger partial charge in [0.05, 0.1) is 5.56 Å². The fraction of sp³-hybridized carbons (Fsp3) is 0.429. The van der Waals surface area contributed by atoms with Gasteiger partial charge < -0.3 is 10.6 Å². The Morgan fingerprint density at radius 2 is 1.69 bits per heavy atom. The molecule has 0 radical (unpaired) electrons. The van der Waals surface area contributed by atoms with Gasteiger partial charge in [-0.1, -0.05) is 38.1 Å². The maximum absolute atomic E-state index is 11.1. The monoisotopic (exact) mass is 352 g/mol. The van der Waals surface area contributed by atoms with Crippen LogP contribution in [0.25, 0.3) is 0 Å². The van der Waals surface area contributed by atoms with Crippen molar-refractivity contribution in [3.05, 3.63) is 59.3 Å². The molecule has 2 N–H and O–H groups in total. The number of hydrogen-bond acceptors (Lipinski definition) is 4. The van der Waals surface area contributed by atoms with Crippen molar-refractivity contribution in [2.24, 2.45) is 11.7 Å². The molecule has 1 aliphatic heterocycles. The maximum atomic E-state index is 11.1. The van der Waals surface area contributed by atoms with Crippen LogP contribution in [-0.4, -0.2) is 42.0 Å². The molecule has 1 aliphatic rings. The van der Waals surface area contributed by atoms with E-state index in [0.717, 1.165) is 45.0 Å². The number of anilines is 1. The molecule has 0 bridgehead atoms. The van der Waals surface area contributed by atoms with E-state index in [1.54, 1.807) is 12.3 Å². The molecule has 1 aromatic carbocycles. The minimum Gasteiger partial charge on any atom is -0.366 e. The highest BCUT2D eigenvalue weighted by Crippen LogP contribution is 2.16. The Morgan fingerprint density at radius 3 is 2.23 bits per heavy atom. The summed E-state index contributed by atoms with van der Waals surface area (Å²) >= 11 is 0. The molecule has 1 aromatic heterocycles. The van der Waals surface area contributed by atoms with Crippen LogP contribution in [0.5, 0.6) is 0 Å². The molecule has 5 nitrogen and oxygen atoms in total. The minimum atomic E-state index is -0.437. The molecular formula is C21H28N4O. The van der Waals surface area contributed by atoms with Crippen LogP contribution in [0.15, 0.2) is 42.6 Å². The Labute approximate surface area is 155 Å². The van der Waals surface area contributed by atoms with Gasteiger partial charge in [0.2, 0.25) is 5.91 Å². The number of rotatable bonds is 6. The van der Waals surface area contributed by atoms with Crippen LogP contribution < -0.4 is 10.6 Å². The van der Waals surface area contributed by atoms with Crippen LogP contribution in [0, 0.1) is 5.92 Å². The van der Waals surface area contributed by atoms with Crippen molar-refractivity contribution in [1.29, 1.82) is 0 Å². The molecule has 26 heavy (non-hydrogen) atoms. The number of aromatic nitrogens is 1. The Kier molecular flexibility index (Phi) is 5.89. The number of carbonyl (C=O) groups excluding carboxylic acids is 1. The second-order valence-electron chi connectivity index (χ2n) is 7.45. The smallest absolute Gasteiger partial charge is 0.250 e. The molecule has 1 fully saturated rings. The normalized spacial score (nSPS) is 15.4.